The molecule has 0 amide bonds. The Kier molecular flexibility index (Phi) is 12.3. The van der Waals surface area contributed by atoms with E-state index in [0.29, 0.717) is 0 Å². The standard InChI is InChI=1S/CH4S7/c1-3-5-7-8-6-4-2/h2H,1H3. The first-order valence-electron chi connectivity index (χ1n) is 1.42. The molecule has 0 atom stereocenters. The quantitative estimate of drug-likeness (QED) is 0.426. The summed E-state index contributed by atoms with van der Waals surface area (Å²) < 4.78 is 0. The van der Waals surface area contributed by atoms with Crippen LogP contribution >= 0.6 is 71.6 Å². The highest BCUT2D eigenvalue weighted by molar-refractivity contribution is 9.45. The van der Waals surface area contributed by atoms with Crippen molar-refractivity contribution in [3.05, 3.63) is 0 Å². The molecule has 0 aromatic heterocycles. The lowest BCUT2D eigenvalue weighted by Gasteiger charge is -1.89. The van der Waals surface area contributed by atoms with Gasteiger partial charge in [0.1, 0.15) is 0 Å². The van der Waals surface area contributed by atoms with Crippen molar-refractivity contribution in [1.29, 1.82) is 0 Å². The Morgan fingerprint density at radius 3 is 2.12 bits per heavy atom. The second-order valence-electron chi connectivity index (χ2n) is 0.513. The van der Waals surface area contributed by atoms with E-state index in [1.807, 2.05) is 0 Å². The maximum atomic E-state index is 3.95. The maximum absolute atomic E-state index is 3.95. The third kappa shape index (κ3) is 8.45. The van der Waals surface area contributed by atoms with E-state index < -0.39 is 0 Å². The Hall–Kier alpha value is 2.45. The van der Waals surface area contributed by atoms with Crippen molar-refractivity contribution in [3.8, 4) is 0 Å². The Morgan fingerprint density at radius 1 is 1.00 bits per heavy atom. The van der Waals surface area contributed by atoms with Gasteiger partial charge in [-0.1, -0.05) is 22.5 Å². The monoisotopic (exact) mass is 240 g/mol. The lowest BCUT2D eigenvalue weighted by atomic mass is 12.0. The van der Waals surface area contributed by atoms with Crippen molar-refractivity contribution in [2.24, 2.45) is 0 Å². The van der Waals surface area contributed by atoms with E-state index in [9.17, 15) is 0 Å². The third-order valence-corrected chi connectivity index (χ3v) is 11.1. The Bertz CT molecular complexity index is 29.4. The van der Waals surface area contributed by atoms with Gasteiger partial charge in [-0.3, -0.25) is 0 Å². The summed E-state index contributed by atoms with van der Waals surface area (Å²) in [5.74, 6) is 0. The Balaban J connectivity index is 2.53. The minimum absolute atomic E-state index is 1.48. The van der Waals surface area contributed by atoms with Crippen LogP contribution in [0, 0.1) is 0 Å². The molecule has 0 aliphatic heterocycles. The molecule has 0 rings (SSSR count). The summed E-state index contributed by atoms with van der Waals surface area (Å²) in [6.45, 7) is 0. The van der Waals surface area contributed by atoms with E-state index in [0.717, 1.165) is 0 Å². The number of hydrogen-bond acceptors (Lipinski definition) is 7. The molecule has 0 spiro atoms. The normalized spacial score (nSPS) is 9.75. The highest BCUT2D eigenvalue weighted by atomic mass is 33.9. The molecule has 0 heterocycles. The van der Waals surface area contributed by atoms with Crippen LogP contribution in [0.5, 0.6) is 0 Å². The van der Waals surface area contributed by atoms with E-state index in [1.54, 1.807) is 50.1 Å². The second kappa shape index (κ2) is 9.45. The molecule has 0 saturated carbocycles. The zero-order valence-electron chi connectivity index (χ0n) is 3.90. The van der Waals surface area contributed by atoms with Crippen LogP contribution in [0.25, 0.3) is 0 Å². The average molecular weight is 241 g/mol. The molecule has 8 heavy (non-hydrogen) atoms. The van der Waals surface area contributed by atoms with Crippen molar-refractivity contribution < 1.29 is 0 Å². The largest absolute Gasteiger partial charge is 0.0988 e. The lowest BCUT2D eigenvalue weighted by Crippen LogP contribution is -1.29. The van der Waals surface area contributed by atoms with Gasteiger partial charge in [0.25, 0.3) is 0 Å². The first-order valence-corrected chi connectivity index (χ1v) is 10.4. The van der Waals surface area contributed by atoms with Gasteiger partial charge in [-0.2, -0.15) is 0 Å². The van der Waals surface area contributed by atoms with E-state index in [4.69, 9.17) is 0 Å². The van der Waals surface area contributed by atoms with Crippen LogP contribution in [0.15, 0.2) is 0 Å². The van der Waals surface area contributed by atoms with Gasteiger partial charge in [-0.05, 0) is 55.4 Å². The summed E-state index contributed by atoms with van der Waals surface area (Å²) in [7, 11) is 10.2. The lowest BCUT2D eigenvalue weighted by molar-refractivity contribution is 2.55. The zero-order chi connectivity index (χ0) is 6.24. The molecule has 0 nitrogen and oxygen atoms in total. The van der Waals surface area contributed by atoms with Crippen LogP contribution < -0.4 is 0 Å². The highest BCUT2D eigenvalue weighted by Gasteiger charge is 1.87. The molecule has 0 radical (unpaired) electrons. The third-order valence-electron chi connectivity index (χ3n) is 0.182. The molecule has 0 aliphatic carbocycles. The van der Waals surface area contributed by atoms with E-state index in [-0.39, 0.29) is 0 Å². The van der Waals surface area contributed by atoms with E-state index >= 15 is 0 Å². The molecule has 0 saturated heterocycles. The van der Waals surface area contributed by atoms with Crippen molar-refractivity contribution in [1.82, 2.24) is 0 Å². The minimum atomic E-state index is 1.48. The number of thiol groups is 1. The molecule has 0 N–H and O–H groups in total. The minimum Gasteiger partial charge on any atom is -0.0988 e. The molecule has 0 aromatic rings. The zero-order valence-corrected chi connectivity index (χ0v) is 9.69. The molecule has 0 aromatic carbocycles. The van der Waals surface area contributed by atoms with E-state index in [1.165, 1.54) is 9.83 Å². The summed E-state index contributed by atoms with van der Waals surface area (Å²) >= 11 is 3.95. The molecule has 0 bridgehead atoms. The van der Waals surface area contributed by atoms with Crippen LogP contribution in [0.1, 0.15) is 0 Å². The van der Waals surface area contributed by atoms with Gasteiger partial charge in [0.2, 0.25) is 0 Å². The molecule has 0 aliphatic rings. The molecule has 0 unspecified atom stereocenters. The Labute approximate surface area is 77.0 Å². The summed E-state index contributed by atoms with van der Waals surface area (Å²) in [6, 6.07) is 0. The van der Waals surface area contributed by atoms with Gasteiger partial charge in [0.15, 0.2) is 0 Å². The van der Waals surface area contributed by atoms with Crippen molar-refractivity contribution in [2.45, 2.75) is 0 Å². The van der Waals surface area contributed by atoms with Crippen molar-refractivity contribution >= 4 is 71.6 Å². The van der Waals surface area contributed by atoms with Gasteiger partial charge >= 0.3 is 0 Å². The fourth-order valence-electron chi connectivity index (χ4n) is 0.0629. The molecule has 7 heteroatoms. The van der Waals surface area contributed by atoms with Crippen LogP contribution in [0.2, 0.25) is 0 Å². The van der Waals surface area contributed by atoms with Crippen LogP contribution in [-0.4, -0.2) is 6.26 Å². The predicted molar refractivity (Wildman–Crippen MR) is 60.5 cm³/mol. The molecule has 50 valence electrons. The smallest absolute Gasteiger partial charge is 0.0000626 e. The summed E-state index contributed by atoms with van der Waals surface area (Å²) in [4.78, 5) is 0. The summed E-state index contributed by atoms with van der Waals surface area (Å²) in [5, 5.41) is 0. The number of rotatable bonds is 5. The average Bonchev–Trinajstić information content (AvgIpc) is 1.81. The molecular formula is CH4S7. The number of hydrogen-bond donors (Lipinski definition) is 1. The van der Waals surface area contributed by atoms with Crippen molar-refractivity contribution in [3.63, 3.8) is 0 Å². The van der Waals surface area contributed by atoms with Gasteiger partial charge < -0.3 is 0 Å². The van der Waals surface area contributed by atoms with Gasteiger partial charge in [0, 0.05) is 0 Å². The summed E-state index contributed by atoms with van der Waals surface area (Å²) in [5.41, 5.74) is 0. The topological polar surface area (TPSA) is 0 Å². The van der Waals surface area contributed by atoms with Gasteiger partial charge in [-0.15, -0.1) is 0 Å². The SMILES string of the molecule is CSSSSSSS. The predicted octanol–water partition coefficient (Wildman–Crippen LogP) is 4.44. The van der Waals surface area contributed by atoms with Crippen LogP contribution in [0.3, 0.4) is 0 Å². The van der Waals surface area contributed by atoms with Gasteiger partial charge in [0.05, 0.1) is 0 Å². The Morgan fingerprint density at radius 2 is 1.62 bits per heavy atom. The van der Waals surface area contributed by atoms with Crippen LogP contribution in [0.4, 0.5) is 0 Å². The fourth-order valence-corrected chi connectivity index (χ4v) is 10.8. The fraction of sp³-hybridized carbons (Fsp3) is 1.00. The highest BCUT2D eigenvalue weighted by Crippen LogP contribution is 2.52. The first kappa shape index (κ1) is 10.4. The van der Waals surface area contributed by atoms with Gasteiger partial charge in [-0.25, -0.2) is 0 Å². The first-order chi connectivity index (χ1) is 3.91. The second-order valence-corrected chi connectivity index (χ2v) is 10.9. The summed E-state index contributed by atoms with van der Waals surface area (Å²) in [6.07, 6.45) is 2.07. The maximum Gasteiger partial charge on any atom is -0.0000626 e. The molecule has 0 fully saturated rings. The van der Waals surface area contributed by atoms with Crippen LogP contribution in [-0.2, 0) is 0 Å². The van der Waals surface area contributed by atoms with E-state index in [2.05, 4.69) is 17.9 Å². The molecular weight excluding hydrogens is 236 g/mol. The van der Waals surface area contributed by atoms with Crippen molar-refractivity contribution in [2.75, 3.05) is 6.26 Å².